The minimum atomic E-state index is -0.297. The summed E-state index contributed by atoms with van der Waals surface area (Å²) in [6.45, 7) is 2.37. The highest BCUT2D eigenvalue weighted by Gasteiger charge is 2.44. The van der Waals surface area contributed by atoms with E-state index in [9.17, 15) is 9.18 Å². The Labute approximate surface area is 184 Å². The summed E-state index contributed by atoms with van der Waals surface area (Å²) in [5, 5.41) is 12.5. The summed E-state index contributed by atoms with van der Waals surface area (Å²) in [7, 11) is 0. The Kier molecular flexibility index (Phi) is 4.28. The molecule has 4 aromatic rings. The van der Waals surface area contributed by atoms with Gasteiger partial charge in [0, 0.05) is 11.0 Å². The van der Waals surface area contributed by atoms with Gasteiger partial charge in [0.25, 0.3) is 11.3 Å². The van der Waals surface area contributed by atoms with E-state index >= 15 is 0 Å². The molecule has 0 amide bonds. The minimum absolute atomic E-state index is 0.0271. The molecule has 0 N–H and O–H groups in total. The molecule has 0 atom stereocenters. The van der Waals surface area contributed by atoms with Gasteiger partial charge in [-0.1, -0.05) is 54.2 Å². The molecule has 0 bridgehead atoms. The Balaban J connectivity index is 1.66. The Morgan fingerprint density at radius 1 is 1.06 bits per heavy atom. The zero-order valence-electron chi connectivity index (χ0n) is 18.0. The van der Waals surface area contributed by atoms with Crippen molar-refractivity contribution in [3.63, 3.8) is 0 Å². The molecule has 1 saturated carbocycles. The van der Waals surface area contributed by atoms with Gasteiger partial charge in [0.05, 0.1) is 17.8 Å². The molecule has 6 rings (SSSR count). The van der Waals surface area contributed by atoms with E-state index in [1.165, 1.54) is 24.1 Å². The summed E-state index contributed by atoms with van der Waals surface area (Å²) < 4.78 is 16.8. The van der Waals surface area contributed by atoms with Gasteiger partial charge in [-0.2, -0.15) is 4.52 Å². The molecule has 1 fully saturated rings. The van der Waals surface area contributed by atoms with E-state index in [-0.39, 0.29) is 16.8 Å². The SMILES string of the molecule is Cc1ccc2c(c1)-c1c(c(=O)n(Cc3ccc(F)cc3)c3nnnn13)C1(CCCCC1)C2. The second kappa shape index (κ2) is 7.08. The van der Waals surface area contributed by atoms with Crippen molar-refractivity contribution >= 4 is 5.78 Å². The van der Waals surface area contributed by atoms with Crippen molar-refractivity contribution in [2.45, 2.75) is 57.4 Å². The minimum Gasteiger partial charge on any atom is -0.271 e. The molecule has 6 nitrogen and oxygen atoms in total. The summed E-state index contributed by atoms with van der Waals surface area (Å²) >= 11 is 0. The van der Waals surface area contributed by atoms with Crippen LogP contribution in [0, 0.1) is 12.7 Å². The zero-order valence-corrected chi connectivity index (χ0v) is 18.0. The van der Waals surface area contributed by atoms with Crippen LogP contribution in [0.5, 0.6) is 0 Å². The van der Waals surface area contributed by atoms with Crippen LogP contribution in [0.15, 0.2) is 47.3 Å². The average Bonchev–Trinajstić information content (AvgIpc) is 3.28. The van der Waals surface area contributed by atoms with Crippen molar-refractivity contribution in [2.24, 2.45) is 0 Å². The third kappa shape index (κ3) is 2.83. The van der Waals surface area contributed by atoms with Gasteiger partial charge in [0.15, 0.2) is 0 Å². The van der Waals surface area contributed by atoms with Crippen LogP contribution in [0.25, 0.3) is 17.0 Å². The van der Waals surface area contributed by atoms with Crippen LogP contribution in [0.4, 0.5) is 4.39 Å². The molecule has 2 aromatic carbocycles. The Bertz CT molecular complexity index is 1400. The molecule has 32 heavy (non-hydrogen) atoms. The first kappa shape index (κ1) is 19.3. The maximum Gasteiger partial charge on any atom is 0.259 e. The molecular weight excluding hydrogens is 405 g/mol. The number of aryl methyl sites for hydroxylation is 1. The first-order chi connectivity index (χ1) is 15.6. The Morgan fingerprint density at radius 2 is 1.84 bits per heavy atom. The molecular formula is C25H24FN5O. The smallest absolute Gasteiger partial charge is 0.259 e. The highest BCUT2D eigenvalue weighted by molar-refractivity contribution is 5.74. The number of hydrogen-bond acceptors (Lipinski definition) is 4. The standard InChI is InChI=1S/C25H24FN5O/c1-16-5-8-18-14-25(11-3-2-4-12-25)21-22(20(18)13-16)31-24(27-28-29-31)30(23(21)32)15-17-6-9-19(26)10-7-17/h5-10,13H,2-4,11-12,14-15H2,1H3. The van der Waals surface area contributed by atoms with Crippen LogP contribution < -0.4 is 5.56 Å². The molecule has 2 aromatic heterocycles. The Morgan fingerprint density at radius 3 is 2.62 bits per heavy atom. The van der Waals surface area contributed by atoms with Gasteiger partial charge >= 0.3 is 0 Å². The predicted molar refractivity (Wildman–Crippen MR) is 119 cm³/mol. The monoisotopic (exact) mass is 429 g/mol. The molecule has 0 aliphatic heterocycles. The number of benzene rings is 2. The lowest BCUT2D eigenvalue weighted by atomic mass is 9.62. The molecule has 162 valence electrons. The molecule has 0 unspecified atom stereocenters. The largest absolute Gasteiger partial charge is 0.271 e. The number of tetrazole rings is 1. The average molecular weight is 429 g/mol. The van der Waals surface area contributed by atoms with Crippen LogP contribution in [0.1, 0.15) is 54.4 Å². The quantitative estimate of drug-likeness (QED) is 0.479. The second-order valence-corrected chi connectivity index (χ2v) is 9.31. The van der Waals surface area contributed by atoms with E-state index in [0.29, 0.717) is 12.3 Å². The van der Waals surface area contributed by atoms with E-state index in [0.717, 1.165) is 60.1 Å². The third-order valence-corrected chi connectivity index (χ3v) is 7.25. The van der Waals surface area contributed by atoms with E-state index in [1.54, 1.807) is 21.2 Å². The van der Waals surface area contributed by atoms with Crippen molar-refractivity contribution in [1.29, 1.82) is 0 Å². The zero-order chi connectivity index (χ0) is 21.9. The summed E-state index contributed by atoms with van der Waals surface area (Å²) in [5.41, 5.74) is 5.76. The Hall–Kier alpha value is -3.35. The van der Waals surface area contributed by atoms with Crippen LogP contribution in [0.2, 0.25) is 0 Å². The summed E-state index contributed by atoms with van der Waals surface area (Å²) in [6.07, 6.45) is 6.29. The number of nitrogens with zero attached hydrogens (tertiary/aromatic N) is 5. The molecule has 7 heteroatoms. The first-order valence-electron chi connectivity index (χ1n) is 11.3. The van der Waals surface area contributed by atoms with Gasteiger partial charge in [-0.25, -0.2) is 4.39 Å². The lowest BCUT2D eigenvalue weighted by Gasteiger charge is -2.42. The maximum absolute atomic E-state index is 14.1. The van der Waals surface area contributed by atoms with Gasteiger partial charge < -0.3 is 0 Å². The van der Waals surface area contributed by atoms with Gasteiger partial charge in [0.1, 0.15) is 5.82 Å². The van der Waals surface area contributed by atoms with Crippen LogP contribution in [0.3, 0.4) is 0 Å². The molecule has 1 spiro atoms. The molecule has 2 aliphatic carbocycles. The van der Waals surface area contributed by atoms with E-state index < -0.39 is 0 Å². The van der Waals surface area contributed by atoms with Gasteiger partial charge in [-0.3, -0.25) is 9.36 Å². The van der Waals surface area contributed by atoms with Crippen molar-refractivity contribution in [3.8, 4) is 11.3 Å². The fraction of sp³-hybridized carbons (Fsp3) is 0.360. The first-order valence-corrected chi connectivity index (χ1v) is 11.3. The van der Waals surface area contributed by atoms with Crippen molar-refractivity contribution in [2.75, 3.05) is 0 Å². The van der Waals surface area contributed by atoms with Crippen LogP contribution in [-0.2, 0) is 18.4 Å². The van der Waals surface area contributed by atoms with Gasteiger partial charge in [-0.05, 0) is 65.9 Å². The summed E-state index contributed by atoms with van der Waals surface area (Å²) in [6, 6.07) is 12.7. The maximum atomic E-state index is 14.1. The highest BCUT2D eigenvalue weighted by atomic mass is 19.1. The molecule has 0 radical (unpaired) electrons. The molecule has 0 saturated heterocycles. The normalized spacial score (nSPS) is 16.8. The third-order valence-electron chi connectivity index (χ3n) is 7.25. The number of rotatable bonds is 2. The topological polar surface area (TPSA) is 65.1 Å². The van der Waals surface area contributed by atoms with Crippen molar-refractivity contribution in [1.82, 2.24) is 24.6 Å². The number of hydrogen-bond donors (Lipinski definition) is 0. The van der Waals surface area contributed by atoms with Crippen molar-refractivity contribution in [3.05, 3.63) is 80.9 Å². The number of fused-ring (bicyclic) bond motifs is 6. The summed E-state index contributed by atoms with van der Waals surface area (Å²) in [4.78, 5) is 14.1. The second-order valence-electron chi connectivity index (χ2n) is 9.31. The lowest BCUT2D eigenvalue weighted by molar-refractivity contribution is 0.283. The van der Waals surface area contributed by atoms with E-state index in [2.05, 4.69) is 40.6 Å². The predicted octanol–water partition coefficient (Wildman–Crippen LogP) is 4.21. The van der Waals surface area contributed by atoms with E-state index in [4.69, 9.17) is 0 Å². The van der Waals surface area contributed by atoms with E-state index in [1.807, 2.05) is 0 Å². The summed E-state index contributed by atoms with van der Waals surface area (Å²) in [5.74, 6) is 0.118. The number of aromatic nitrogens is 5. The van der Waals surface area contributed by atoms with Crippen molar-refractivity contribution < 1.29 is 4.39 Å². The molecule has 2 aliphatic rings. The van der Waals surface area contributed by atoms with Crippen LogP contribution in [-0.4, -0.2) is 24.6 Å². The van der Waals surface area contributed by atoms with Gasteiger partial charge in [-0.15, -0.1) is 0 Å². The number of halogens is 1. The van der Waals surface area contributed by atoms with Crippen LogP contribution >= 0.6 is 0 Å². The molecule has 2 heterocycles. The lowest BCUT2D eigenvalue weighted by Crippen LogP contribution is -2.43. The fourth-order valence-corrected chi connectivity index (χ4v) is 5.74. The van der Waals surface area contributed by atoms with Gasteiger partial charge in [0.2, 0.25) is 0 Å². The highest BCUT2D eigenvalue weighted by Crippen LogP contribution is 2.49. The fourth-order valence-electron chi connectivity index (χ4n) is 5.74.